The summed E-state index contributed by atoms with van der Waals surface area (Å²) >= 11 is 0. The standard InChI is InChI=1S/C37H28N4/c1-37(2)30-15-4-6-18-34(30)40(26-12-9-11-25(23-26)32-16-7-8-21-38-32)35-24-27(19-20-31(35)37)41-33-17-5-3-13-28(33)29-14-10-22-39-36(29)41/h3-24H,1-2H3. The summed E-state index contributed by atoms with van der Waals surface area (Å²) in [6.45, 7) is 4.65. The van der Waals surface area contributed by atoms with Gasteiger partial charge in [0.1, 0.15) is 5.65 Å². The Hall–Kier alpha value is -5.22. The van der Waals surface area contributed by atoms with Gasteiger partial charge in [-0.15, -0.1) is 0 Å². The summed E-state index contributed by atoms with van der Waals surface area (Å²) in [5, 5.41) is 2.37. The normalized spacial score (nSPS) is 13.8. The third kappa shape index (κ3) is 3.54. The molecule has 0 radical (unpaired) electrons. The van der Waals surface area contributed by atoms with Crippen LogP contribution < -0.4 is 4.90 Å². The summed E-state index contributed by atoms with van der Waals surface area (Å²) in [7, 11) is 0. The van der Waals surface area contributed by atoms with E-state index in [1.807, 2.05) is 30.6 Å². The maximum atomic E-state index is 4.84. The molecule has 7 aromatic rings. The van der Waals surface area contributed by atoms with Crippen LogP contribution in [0.4, 0.5) is 17.1 Å². The van der Waals surface area contributed by atoms with Crippen molar-refractivity contribution in [2.75, 3.05) is 4.90 Å². The molecule has 3 aromatic heterocycles. The number of rotatable bonds is 3. The number of aromatic nitrogens is 3. The van der Waals surface area contributed by atoms with Crippen molar-refractivity contribution in [3.05, 3.63) is 145 Å². The van der Waals surface area contributed by atoms with Gasteiger partial charge in [-0.25, -0.2) is 4.98 Å². The number of nitrogens with zero attached hydrogens (tertiary/aromatic N) is 4. The van der Waals surface area contributed by atoms with E-state index in [4.69, 9.17) is 4.98 Å². The van der Waals surface area contributed by atoms with Gasteiger partial charge >= 0.3 is 0 Å². The van der Waals surface area contributed by atoms with Gasteiger partial charge in [0.25, 0.3) is 0 Å². The minimum Gasteiger partial charge on any atom is -0.310 e. The number of hydrogen-bond donors (Lipinski definition) is 0. The maximum absolute atomic E-state index is 4.84. The summed E-state index contributed by atoms with van der Waals surface area (Å²) in [5.41, 5.74) is 11.2. The minimum absolute atomic E-state index is 0.168. The van der Waals surface area contributed by atoms with E-state index >= 15 is 0 Å². The number of hydrogen-bond acceptors (Lipinski definition) is 3. The van der Waals surface area contributed by atoms with Crippen LogP contribution in [0.1, 0.15) is 25.0 Å². The first kappa shape index (κ1) is 23.6. The van der Waals surface area contributed by atoms with E-state index in [1.54, 1.807) is 0 Å². The van der Waals surface area contributed by atoms with Crippen LogP contribution in [0.2, 0.25) is 0 Å². The highest BCUT2D eigenvalue weighted by atomic mass is 15.2. The molecule has 4 aromatic carbocycles. The molecule has 4 nitrogen and oxygen atoms in total. The Kier molecular flexibility index (Phi) is 5.13. The van der Waals surface area contributed by atoms with Crippen LogP contribution in [0.3, 0.4) is 0 Å². The first-order valence-corrected chi connectivity index (χ1v) is 14.0. The molecular weight excluding hydrogens is 500 g/mol. The molecule has 4 heteroatoms. The largest absolute Gasteiger partial charge is 0.310 e. The fourth-order valence-electron chi connectivity index (χ4n) is 6.52. The molecule has 0 aliphatic carbocycles. The Labute approximate surface area is 239 Å². The van der Waals surface area contributed by atoms with Crippen LogP contribution in [0.15, 0.2) is 134 Å². The lowest BCUT2D eigenvalue weighted by molar-refractivity contribution is 0.631. The Morgan fingerprint density at radius 3 is 2.24 bits per heavy atom. The van der Waals surface area contributed by atoms with E-state index in [2.05, 4.69) is 131 Å². The fraction of sp³-hybridized carbons (Fsp3) is 0.0811. The van der Waals surface area contributed by atoms with Crippen molar-refractivity contribution in [1.29, 1.82) is 0 Å². The molecular formula is C37H28N4. The highest BCUT2D eigenvalue weighted by molar-refractivity contribution is 6.08. The van der Waals surface area contributed by atoms with Crippen LogP contribution in [-0.2, 0) is 5.41 Å². The van der Waals surface area contributed by atoms with E-state index in [0.29, 0.717) is 0 Å². The van der Waals surface area contributed by atoms with Crippen molar-refractivity contribution in [3.63, 3.8) is 0 Å². The quantitative estimate of drug-likeness (QED) is 0.229. The van der Waals surface area contributed by atoms with Crippen LogP contribution >= 0.6 is 0 Å². The van der Waals surface area contributed by atoms with Crippen molar-refractivity contribution in [2.24, 2.45) is 0 Å². The van der Waals surface area contributed by atoms with Gasteiger partial charge in [0, 0.05) is 45.5 Å². The predicted molar refractivity (Wildman–Crippen MR) is 169 cm³/mol. The topological polar surface area (TPSA) is 34.0 Å². The van der Waals surface area contributed by atoms with E-state index in [9.17, 15) is 0 Å². The summed E-state index contributed by atoms with van der Waals surface area (Å²) in [5.74, 6) is 0. The fourth-order valence-corrected chi connectivity index (χ4v) is 6.52. The van der Waals surface area contributed by atoms with Crippen molar-refractivity contribution in [2.45, 2.75) is 19.3 Å². The molecule has 0 fully saturated rings. The molecule has 196 valence electrons. The number of benzene rings is 4. The van der Waals surface area contributed by atoms with Crippen LogP contribution in [0, 0.1) is 0 Å². The van der Waals surface area contributed by atoms with Gasteiger partial charge in [0.15, 0.2) is 0 Å². The van der Waals surface area contributed by atoms with Gasteiger partial charge < -0.3 is 4.90 Å². The van der Waals surface area contributed by atoms with E-state index < -0.39 is 0 Å². The molecule has 0 unspecified atom stereocenters. The van der Waals surface area contributed by atoms with E-state index in [1.165, 1.54) is 27.9 Å². The van der Waals surface area contributed by atoms with Gasteiger partial charge in [0.05, 0.1) is 22.6 Å². The molecule has 0 bridgehead atoms. The molecule has 1 aliphatic rings. The Balaban J connectivity index is 1.40. The smallest absolute Gasteiger partial charge is 0.145 e. The van der Waals surface area contributed by atoms with E-state index in [-0.39, 0.29) is 5.41 Å². The van der Waals surface area contributed by atoms with Gasteiger partial charge in [-0.05, 0) is 71.8 Å². The van der Waals surface area contributed by atoms with Crippen molar-refractivity contribution in [3.8, 4) is 16.9 Å². The van der Waals surface area contributed by atoms with Gasteiger partial charge in [-0.1, -0.05) is 74.5 Å². The lowest BCUT2D eigenvalue weighted by Crippen LogP contribution is -2.30. The molecule has 4 heterocycles. The molecule has 0 saturated heterocycles. The summed E-state index contributed by atoms with van der Waals surface area (Å²) in [6, 6.07) is 43.2. The number of para-hydroxylation sites is 2. The monoisotopic (exact) mass is 528 g/mol. The van der Waals surface area contributed by atoms with Gasteiger partial charge in [0.2, 0.25) is 0 Å². The second kappa shape index (κ2) is 8.90. The van der Waals surface area contributed by atoms with Crippen LogP contribution in [0.25, 0.3) is 38.9 Å². The van der Waals surface area contributed by atoms with Crippen molar-refractivity contribution >= 4 is 39.0 Å². The second-order valence-corrected chi connectivity index (χ2v) is 11.2. The first-order chi connectivity index (χ1) is 20.1. The molecule has 0 atom stereocenters. The Bertz CT molecular complexity index is 2040. The molecule has 0 amide bonds. The summed E-state index contributed by atoms with van der Waals surface area (Å²) < 4.78 is 2.29. The molecule has 41 heavy (non-hydrogen) atoms. The van der Waals surface area contributed by atoms with Crippen molar-refractivity contribution < 1.29 is 0 Å². The third-order valence-corrected chi connectivity index (χ3v) is 8.47. The Morgan fingerprint density at radius 2 is 1.34 bits per heavy atom. The van der Waals surface area contributed by atoms with Crippen LogP contribution in [0.5, 0.6) is 0 Å². The first-order valence-electron chi connectivity index (χ1n) is 14.0. The number of anilines is 3. The number of pyridine rings is 2. The highest BCUT2D eigenvalue weighted by Gasteiger charge is 2.37. The molecule has 0 N–H and O–H groups in total. The zero-order valence-corrected chi connectivity index (χ0v) is 23.0. The highest BCUT2D eigenvalue weighted by Crippen LogP contribution is 2.52. The van der Waals surface area contributed by atoms with E-state index in [0.717, 1.165) is 39.2 Å². The zero-order chi connectivity index (χ0) is 27.6. The SMILES string of the molecule is CC1(C)c2ccccc2N(c2cccc(-c3ccccn3)c2)c2cc(-n3c4ccccc4c4cccnc43)ccc21. The summed E-state index contributed by atoms with van der Waals surface area (Å²) in [4.78, 5) is 11.9. The zero-order valence-electron chi connectivity index (χ0n) is 23.0. The van der Waals surface area contributed by atoms with Gasteiger partial charge in [-0.2, -0.15) is 0 Å². The maximum Gasteiger partial charge on any atom is 0.145 e. The summed E-state index contributed by atoms with van der Waals surface area (Å²) in [6.07, 6.45) is 3.73. The average molecular weight is 529 g/mol. The van der Waals surface area contributed by atoms with Gasteiger partial charge in [-0.3, -0.25) is 9.55 Å². The lowest BCUT2D eigenvalue weighted by atomic mass is 9.73. The Morgan fingerprint density at radius 1 is 0.561 bits per heavy atom. The lowest BCUT2D eigenvalue weighted by Gasteiger charge is -2.42. The number of fused-ring (bicyclic) bond motifs is 5. The second-order valence-electron chi connectivity index (χ2n) is 11.2. The average Bonchev–Trinajstić information content (AvgIpc) is 3.36. The minimum atomic E-state index is -0.168. The molecule has 0 saturated carbocycles. The van der Waals surface area contributed by atoms with Crippen LogP contribution in [-0.4, -0.2) is 14.5 Å². The molecule has 1 aliphatic heterocycles. The predicted octanol–water partition coefficient (Wildman–Crippen LogP) is 9.35. The molecule has 8 rings (SSSR count). The third-order valence-electron chi connectivity index (χ3n) is 8.47. The molecule has 0 spiro atoms. The van der Waals surface area contributed by atoms with Crippen molar-refractivity contribution in [1.82, 2.24) is 14.5 Å².